The molecule has 3 heteroatoms. The van der Waals surface area contributed by atoms with E-state index < -0.39 is 0 Å². The normalized spacial score (nSPS) is 22.1. The van der Waals surface area contributed by atoms with E-state index in [4.69, 9.17) is 0 Å². The second-order valence-electron chi connectivity index (χ2n) is 7.32. The molecule has 0 N–H and O–H groups in total. The minimum absolute atomic E-state index is 0.0392. The summed E-state index contributed by atoms with van der Waals surface area (Å²) in [5, 5.41) is 0. The lowest BCUT2D eigenvalue weighted by Gasteiger charge is -2.45. The zero-order valence-corrected chi connectivity index (χ0v) is 15.9. The van der Waals surface area contributed by atoms with Gasteiger partial charge in [0.25, 0.3) is 5.91 Å². The van der Waals surface area contributed by atoms with E-state index in [9.17, 15) is 9.59 Å². The van der Waals surface area contributed by atoms with Crippen molar-refractivity contribution in [1.82, 2.24) is 4.90 Å². The van der Waals surface area contributed by atoms with Crippen molar-refractivity contribution in [3.63, 3.8) is 0 Å². The molecular weight excluding hydrogens is 346 g/mol. The molecule has 3 aromatic carbocycles. The van der Waals surface area contributed by atoms with Gasteiger partial charge in [0.05, 0.1) is 12.1 Å². The van der Waals surface area contributed by atoms with Crippen LogP contribution >= 0.6 is 0 Å². The first-order chi connectivity index (χ1) is 13.7. The molecule has 28 heavy (non-hydrogen) atoms. The van der Waals surface area contributed by atoms with Crippen molar-refractivity contribution < 1.29 is 9.59 Å². The molecule has 1 aliphatic heterocycles. The Morgan fingerprint density at radius 2 is 1.29 bits per heavy atom. The molecule has 4 rings (SSSR count). The van der Waals surface area contributed by atoms with Crippen LogP contribution in [0.25, 0.3) is 0 Å². The largest absolute Gasteiger partial charge is 0.323 e. The minimum atomic E-state index is -0.291. The molecule has 1 fully saturated rings. The van der Waals surface area contributed by atoms with Crippen LogP contribution in [0.4, 0.5) is 0 Å². The number of rotatable bonds is 3. The average Bonchev–Trinajstić information content (AvgIpc) is 2.76. The molecular formula is C25H23NO2. The molecule has 140 valence electrons. The molecule has 0 bridgehead atoms. The summed E-state index contributed by atoms with van der Waals surface area (Å²) in [6.07, 6.45) is 0.340. The summed E-state index contributed by atoms with van der Waals surface area (Å²) in [6, 6.07) is 28.5. The Labute approximate surface area is 165 Å². The van der Waals surface area contributed by atoms with Gasteiger partial charge in [-0.15, -0.1) is 0 Å². The number of carbonyl (C=O) groups is 2. The van der Waals surface area contributed by atoms with Crippen molar-refractivity contribution in [3.05, 3.63) is 108 Å². The Balaban J connectivity index is 1.85. The van der Waals surface area contributed by atoms with Crippen LogP contribution in [0.1, 0.15) is 46.9 Å². The number of hydrogen-bond donors (Lipinski definition) is 0. The molecule has 0 aliphatic carbocycles. The van der Waals surface area contributed by atoms with Crippen LogP contribution in [0.2, 0.25) is 0 Å². The minimum Gasteiger partial charge on any atom is -0.323 e. The molecule has 1 aliphatic rings. The standard InChI is InChI=1S/C25H23NO2/c1-18-23(27)17-22(19-11-5-2-6-12-19)26(24(18)20-13-7-3-8-14-20)25(28)21-15-9-4-10-16-21/h2-16,18,22,24H,17H2,1H3/t18-,22+,24-/m0/s1. The van der Waals surface area contributed by atoms with Gasteiger partial charge >= 0.3 is 0 Å². The number of benzene rings is 3. The Morgan fingerprint density at radius 1 is 0.786 bits per heavy atom. The highest BCUT2D eigenvalue weighted by Crippen LogP contribution is 2.44. The topological polar surface area (TPSA) is 37.4 Å². The van der Waals surface area contributed by atoms with E-state index in [1.165, 1.54) is 0 Å². The van der Waals surface area contributed by atoms with Crippen LogP contribution < -0.4 is 0 Å². The number of likely N-dealkylation sites (tertiary alicyclic amines) is 1. The maximum Gasteiger partial charge on any atom is 0.254 e. The van der Waals surface area contributed by atoms with Crippen molar-refractivity contribution in [2.75, 3.05) is 0 Å². The quantitative estimate of drug-likeness (QED) is 0.635. The van der Waals surface area contributed by atoms with Gasteiger partial charge in [-0.05, 0) is 23.3 Å². The predicted octanol–water partition coefficient (Wildman–Crippen LogP) is 5.22. The highest BCUT2D eigenvalue weighted by atomic mass is 16.2. The van der Waals surface area contributed by atoms with E-state index in [-0.39, 0.29) is 29.7 Å². The Bertz CT molecular complexity index is 954. The van der Waals surface area contributed by atoms with Gasteiger partial charge in [-0.3, -0.25) is 9.59 Å². The zero-order valence-electron chi connectivity index (χ0n) is 15.9. The number of carbonyl (C=O) groups excluding carboxylic acids is 2. The Morgan fingerprint density at radius 3 is 1.86 bits per heavy atom. The summed E-state index contributed by atoms with van der Waals surface area (Å²) in [5.41, 5.74) is 2.63. The van der Waals surface area contributed by atoms with Crippen LogP contribution in [0.15, 0.2) is 91.0 Å². The molecule has 0 radical (unpaired) electrons. The monoisotopic (exact) mass is 369 g/mol. The van der Waals surface area contributed by atoms with E-state index in [1.807, 2.05) is 103 Å². The van der Waals surface area contributed by atoms with Crippen LogP contribution in [0.5, 0.6) is 0 Å². The summed E-state index contributed by atoms with van der Waals surface area (Å²) in [7, 11) is 0. The highest BCUT2D eigenvalue weighted by molar-refractivity contribution is 5.96. The van der Waals surface area contributed by atoms with E-state index in [1.54, 1.807) is 0 Å². The van der Waals surface area contributed by atoms with E-state index >= 15 is 0 Å². The molecule has 1 amide bonds. The zero-order chi connectivity index (χ0) is 19.5. The molecule has 3 aromatic rings. The van der Waals surface area contributed by atoms with E-state index in [0.717, 1.165) is 11.1 Å². The van der Waals surface area contributed by atoms with Gasteiger partial charge in [-0.2, -0.15) is 0 Å². The predicted molar refractivity (Wildman–Crippen MR) is 110 cm³/mol. The number of nitrogens with zero attached hydrogens (tertiary/aromatic N) is 1. The molecule has 1 heterocycles. The maximum atomic E-state index is 13.6. The van der Waals surface area contributed by atoms with E-state index in [2.05, 4.69) is 0 Å². The fourth-order valence-corrected chi connectivity index (χ4v) is 4.14. The molecule has 3 nitrogen and oxygen atoms in total. The average molecular weight is 369 g/mol. The Kier molecular flexibility index (Phi) is 5.07. The van der Waals surface area contributed by atoms with Gasteiger partial charge in [0, 0.05) is 17.9 Å². The number of Topliss-reactive ketones (excluding diaryl/α,β-unsaturated/α-hetero) is 1. The summed E-state index contributed by atoms with van der Waals surface area (Å²) in [4.78, 5) is 28.5. The van der Waals surface area contributed by atoms with Crippen molar-refractivity contribution in [1.29, 1.82) is 0 Å². The van der Waals surface area contributed by atoms with Crippen LogP contribution in [0.3, 0.4) is 0 Å². The molecule has 0 spiro atoms. The third-order valence-corrected chi connectivity index (χ3v) is 5.59. The molecule has 1 saturated heterocycles. The third-order valence-electron chi connectivity index (χ3n) is 5.59. The van der Waals surface area contributed by atoms with Crippen LogP contribution in [-0.4, -0.2) is 16.6 Å². The van der Waals surface area contributed by atoms with Crippen molar-refractivity contribution >= 4 is 11.7 Å². The first-order valence-electron chi connectivity index (χ1n) is 9.67. The van der Waals surface area contributed by atoms with Crippen molar-refractivity contribution in [2.24, 2.45) is 5.92 Å². The lowest BCUT2D eigenvalue weighted by Crippen LogP contribution is -2.47. The van der Waals surface area contributed by atoms with Gasteiger partial charge < -0.3 is 4.90 Å². The summed E-state index contributed by atoms with van der Waals surface area (Å²) >= 11 is 0. The third kappa shape index (κ3) is 3.36. The lowest BCUT2D eigenvalue weighted by molar-refractivity contribution is -0.129. The second kappa shape index (κ2) is 7.81. The number of ketones is 1. The molecule has 0 aromatic heterocycles. The van der Waals surface area contributed by atoms with Gasteiger partial charge in [0.15, 0.2) is 0 Å². The van der Waals surface area contributed by atoms with E-state index in [0.29, 0.717) is 12.0 Å². The second-order valence-corrected chi connectivity index (χ2v) is 7.32. The van der Waals surface area contributed by atoms with Crippen LogP contribution in [0, 0.1) is 5.92 Å². The lowest BCUT2D eigenvalue weighted by atomic mass is 9.79. The summed E-state index contributed by atoms with van der Waals surface area (Å²) in [5.74, 6) is -0.0995. The van der Waals surface area contributed by atoms with Crippen molar-refractivity contribution in [2.45, 2.75) is 25.4 Å². The van der Waals surface area contributed by atoms with Gasteiger partial charge in [0.1, 0.15) is 5.78 Å². The molecule has 3 atom stereocenters. The first kappa shape index (κ1) is 18.2. The fraction of sp³-hybridized carbons (Fsp3) is 0.200. The first-order valence-corrected chi connectivity index (χ1v) is 9.67. The molecule has 0 unspecified atom stereocenters. The molecule has 0 saturated carbocycles. The Hall–Kier alpha value is -3.20. The highest BCUT2D eigenvalue weighted by Gasteiger charge is 2.44. The van der Waals surface area contributed by atoms with Gasteiger partial charge in [-0.25, -0.2) is 0 Å². The van der Waals surface area contributed by atoms with Crippen LogP contribution in [-0.2, 0) is 4.79 Å². The number of hydrogen-bond acceptors (Lipinski definition) is 2. The fourth-order valence-electron chi connectivity index (χ4n) is 4.14. The maximum absolute atomic E-state index is 13.6. The van der Waals surface area contributed by atoms with Gasteiger partial charge in [0.2, 0.25) is 0 Å². The summed E-state index contributed by atoms with van der Waals surface area (Å²) < 4.78 is 0. The van der Waals surface area contributed by atoms with Gasteiger partial charge in [-0.1, -0.05) is 85.8 Å². The number of amides is 1. The SMILES string of the molecule is C[C@H]1C(=O)C[C@H](c2ccccc2)N(C(=O)c2ccccc2)[C@@H]1c1ccccc1. The summed E-state index contributed by atoms with van der Waals surface area (Å²) in [6.45, 7) is 1.94. The smallest absolute Gasteiger partial charge is 0.254 e. The van der Waals surface area contributed by atoms with Crippen molar-refractivity contribution in [3.8, 4) is 0 Å². The number of piperidine rings is 1.